The van der Waals surface area contributed by atoms with Gasteiger partial charge in [0, 0.05) is 6.54 Å². The highest BCUT2D eigenvalue weighted by molar-refractivity contribution is 6.46. The van der Waals surface area contributed by atoms with Crippen LogP contribution in [0.1, 0.15) is 29.2 Å². The first-order chi connectivity index (χ1) is 15.7. The van der Waals surface area contributed by atoms with Crippen molar-refractivity contribution in [1.29, 1.82) is 0 Å². The average Bonchev–Trinajstić information content (AvgIpc) is 3.03. The number of carbonyl (C=O) groups is 2. The van der Waals surface area contributed by atoms with Crippen LogP contribution < -0.4 is 9.47 Å². The van der Waals surface area contributed by atoms with Gasteiger partial charge >= 0.3 is 0 Å². The van der Waals surface area contributed by atoms with E-state index in [2.05, 4.69) is 0 Å². The molecule has 0 aromatic heterocycles. The minimum atomic E-state index is -0.772. The lowest BCUT2D eigenvalue weighted by atomic mass is 9.94. The van der Waals surface area contributed by atoms with Crippen molar-refractivity contribution in [2.24, 2.45) is 0 Å². The molecule has 0 aliphatic carbocycles. The van der Waals surface area contributed by atoms with E-state index >= 15 is 0 Å². The first kappa shape index (κ1) is 24.6. The first-order valence-electron chi connectivity index (χ1n) is 10.6. The predicted octanol–water partition coefficient (Wildman–Crippen LogP) is 4.04. The van der Waals surface area contributed by atoms with Crippen molar-refractivity contribution in [2.45, 2.75) is 19.4 Å². The number of methoxy groups -OCH3 is 2. The van der Waals surface area contributed by atoms with Crippen LogP contribution in [0.2, 0.25) is 5.02 Å². The van der Waals surface area contributed by atoms with E-state index in [4.69, 9.17) is 21.1 Å². The van der Waals surface area contributed by atoms with Gasteiger partial charge in [-0.1, -0.05) is 23.7 Å². The van der Waals surface area contributed by atoms with E-state index in [-0.39, 0.29) is 22.6 Å². The second-order valence-corrected chi connectivity index (χ2v) is 8.66. The van der Waals surface area contributed by atoms with Gasteiger partial charge < -0.3 is 24.4 Å². The third-order valence-electron chi connectivity index (χ3n) is 5.60. The Morgan fingerprint density at radius 2 is 1.88 bits per heavy atom. The fraction of sp³-hybridized carbons (Fsp3) is 0.360. The quantitative estimate of drug-likeness (QED) is 0.355. The van der Waals surface area contributed by atoms with Gasteiger partial charge in [-0.2, -0.15) is 0 Å². The molecule has 0 saturated carbocycles. The molecule has 1 saturated heterocycles. The van der Waals surface area contributed by atoms with E-state index in [0.717, 1.165) is 12.1 Å². The Morgan fingerprint density at radius 1 is 1.15 bits per heavy atom. The molecule has 0 spiro atoms. The Labute approximate surface area is 199 Å². The molecule has 33 heavy (non-hydrogen) atoms. The summed E-state index contributed by atoms with van der Waals surface area (Å²) in [6.07, 6.45) is 0.667. The zero-order chi connectivity index (χ0) is 24.3. The van der Waals surface area contributed by atoms with Gasteiger partial charge in [0.1, 0.15) is 17.3 Å². The van der Waals surface area contributed by atoms with E-state index in [1.54, 1.807) is 37.4 Å². The van der Waals surface area contributed by atoms with Crippen LogP contribution in [0.3, 0.4) is 0 Å². The third-order valence-corrected chi connectivity index (χ3v) is 5.88. The van der Waals surface area contributed by atoms with Crippen molar-refractivity contribution < 1.29 is 24.2 Å². The van der Waals surface area contributed by atoms with Crippen molar-refractivity contribution in [3.05, 3.63) is 63.7 Å². The summed E-state index contributed by atoms with van der Waals surface area (Å²) >= 11 is 6.33. The number of aliphatic hydroxyl groups is 1. The zero-order valence-corrected chi connectivity index (χ0v) is 20.3. The lowest BCUT2D eigenvalue weighted by Crippen LogP contribution is -2.32. The topological polar surface area (TPSA) is 79.3 Å². The SMILES string of the molecule is COc1cccc(C2/C(=C(\O)c3cc(C)cc(Cl)c3OC)C(=O)C(=O)N2CCCN(C)C)c1. The number of amides is 1. The summed E-state index contributed by atoms with van der Waals surface area (Å²) in [5, 5.41) is 11.7. The average molecular weight is 473 g/mol. The number of aryl methyl sites for hydroxylation is 1. The number of rotatable bonds is 8. The largest absolute Gasteiger partial charge is 0.507 e. The van der Waals surface area contributed by atoms with Crippen LogP contribution in [0, 0.1) is 6.92 Å². The molecule has 176 valence electrons. The monoisotopic (exact) mass is 472 g/mol. The highest BCUT2D eigenvalue weighted by Gasteiger charge is 2.46. The number of ether oxygens (including phenoxy) is 2. The van der Waals surface area contributed by atoms with Crippen molar-refractivity contribution in [1.82, 2.24) is 9.80 Å². The number of hydrogen-bond donors (Lipinski definition) is 1. The summed E-state index contributed by atoms with van der Waals surface area (Å²) in [6.45, 7) is 2.92. The standard InChI is InChI=1S/C25H29ClN2O5/c1-15-12-18(24(33-5)19(26)13-15)22(29)20-21(16-8-6-9-17(14-16)32-4)28(25(31)23(20)30)11-7-10-27(2)3/h6,8-9,12-14,21,29H,7,10-11H2,1-5H3/b22-20+. The minimum absolute atomic E-state index is 0.00178. The number of Topliss-reactive ketones (excluding diaryl/α,β-unsaturated/α-hetero) is 1. The van der Waals surface area contributed by atoms with Gasteiger partial charge in [0.15, 0.2) is 0 Å². The second kappa shape index (κ2) is 10.3. The van der Waals surface area contributed by atoms with Crippen LogP contribution >= 0.6 is 11.6 Å². The molecule has 1 amide bonds. The Kier molecular flexibility index (Phi) is 7.66. The molecule has 0 bridgehead atoms. The van der Waals surface area contributed by atoms with Crippen molar-refractivity contribution >= 4 is 29.1 Å². The maximum atomic E-state index is 13.2. The van der Waals surface area contributed by atoms with Crippen molar-refractivity contribution in [3.8, 4) is 11.5 Å². The van der Waals surface area contributed by atoms with Crippen LogP contribution in [0.4, 0.5) is 0 Å². The van der Waals surface area contributed by atoms with E-state index in [9.17, 15) is 14.7 Å². The minimum Gasteiger partial charge on any atom is -0.507 e. The van der Waals surface area contributed by atoms with Crippen LogP contribution in [-0.4, -0.2) is 68.0 Å². The number of hydrogen-bond acceptors (Lipinski definition) is 6. The summed E-state index contributed by atoms with van der Waals surface area (Å²) in [5.74, 6) is -0.894. The maximum Gasteiger partial charge on any atom is 0.295 e. The summed E-state index contributed by atoms with van der Waals surface area (Å²) in [7, 11) is 6.88. The number of halogens is 1. The summed E-state index contributed by atoms with van der Waals surface area (Å²) in [5.41, 5.74) is 1.71. The van der Waals surface area contributed by atoms with Crippen LogP contribution in [-0.2, 0) is 9.59 Å². The molecule has 1 heterocycles. The highest BCUT2D eigenvalue weighted by Crippen LogP contribution is 2.43. The molecule has 0 radical (unpaired) electrons. The zero-order valence-electron chi connectivity index (χ0n) is 19.5. The van der Waals surface area contributed by atoms with Crippen LogP contribution in [0.25, 0.3) is 5.76 Å². The summed E-state index contributed by atoms with van der Waals surface area (Å²) < 4.78 is 10.8. The Balaban J connectivity index is 2.21. The molecular formula is C25H29ClN2O5. The van der Waals surface area contributed by atoms with E-state index in [1.165, 1.54) is 12.0 Å². The molecule has 1 atom stereocenters. The Hall–Kier alpha value is -3.03. The number of ketones is 1. The van der Waals surface area contributed by atoms with Crippen molar-refractivity contribution in [2.75, 3.05) is 41.4 Å². The lowest BCUT2D eigenvalue weighted by molar-refractivity contribution is -0.139. The molecule has 1 fully saturated rings. The second-order valence-electron chi connectivity index (χ2n) is 8.25. The number of benzene rings is 2. The molecule has 2 aromatic rings. The number of aliphatic hydroxyl groups excluding tert-OH is 1. The summed E-state index contributed by atoms with van der Waals surface area (Å²) in [6, 6.07) is 9.77. The number of nitrogens with zero attached hydrogens (tertiary/aromatic N) is 2. The maximum absolute atomic E-state index is 13.2. The lowest BCUT2D eigenvalue weighted by Gasteiger charge is -2.26. The molecule has 8 heteroatoms. The predicted molar refractivity (Wildman–Crippen MR) is 128 cm³/mol. The third kappa shape index (κ3) is 4.99. The van der Waals surface area contributed by atoms with E-state index in [1.807, 2.05) is 32.0 Å². The Morgan fingerprint density at radius 3 is 2.52 bits per heavy atom. The highest BCUT2D eigenvalue weighted by atomic mass is 35.5. The molecule has 1 aliphatic heterocycles. The summed E-state index contributed by atoms with van der Waals surface area (Å²) in [4.78, 5) is 29.8. The van der Waals surface area contributed by atoms with E-state index in [0.29, 0.717) is 29.3 Å². The fourth-order valence-corrected chi connectivity index (χ4v) is 4.43. The normalized spacial score (nSPS) is 17.7. The van der Waals surface area contributed by atoms with E-state index < -0.39 is 17.7 Å². The first-order valence-corrected chi connectivity index (χ1v) is 11.0. The molecular weight excluding hydrogens is 444 g/mol. The Bertz CT molecular complexity index is 1100. The van der Waals surface area contributed by atoms with Gasteiger partial charge in [0.05, 0.1) is 36.4 Å². The van der Waals surface area contributed by atoms with Gasteiger partial charge in [-0.15, -0.1) is 0 Å². The number of likely N-dealkylation sites (tertiary alicyclic amines) is 1. The van der Waals surface area contributed by atoms with Gasteiger partial charge in [-0.25, -0.2) is 0 Å². The molecule has 1 N–H and O–H groups in total. The molecule has 3 rings (SSSR count). The molecule has 1 aliphatic rings. The molecule has 1 unspecified atom stereocenters. The fourth-order valence-electron chi connectivity index (χ4n) is 4.08. The van der Waals surface area contributed by atoms with Crippen LogP contribution in [0.15, 0.2) is 42.0 Å². The van der Waals surface area contributed by atoms with Gasteiger partial charge in [-0.3, -0.25) is 9.59 Å². The molecule has 2 aromatic carbocycles. The van der Waals surface area contributed by atoms with Gasteiger partial charge in [-0.05, 0) is 69.4 Å². The smallest absolute Gasteiger partial charge is 0.295 e. The molecule has 7 nitrogen and oxygen atoms in total. The van der Waals surface area contributed by atoms with Crippen molar-refractivity contribution in [3.63, 3.8) is 0 Å². The van der Waals surface area contributed by atoms with Gasteiger partial charge in [0.25, 0.3) is 11.7 Å². The van der Waals surface area contributed by atoms with Crippen LogP contribution in [0.5, 0.6) is 11.5 Å². The number of carbonyl (C=O) groups excluding carboxylic acids is 2. The van der Waals surface area contributed by atoms with Gasteiger partial charge in [0.2, 0.25) is 0 Å².